The molecule has 2 aliphatic rings. The Hall–Kier alpha value is -2.68. The maximum absolute atomic E-state index is 13.8. The van der Waals surface area contributed by atoms with Gasteiger partial charge < -0.3 is 10.2 Å². The second kappa shape index (κ2) is 7.86. The SMILES string of the molecule is CC(C(=O)NC1CC1)N1CCN(C(=O)c2cnc3ccccc3c2C(F)(F)F)CC1. The van der Waals surface area contributed by atoms with Crippen LogP contribution in [0.5, 0.6) is 0 Å². The Labute approximate surface area is 172 Å². The quantitative estimate of drug-likeness (QED) is 0.826. The fourth-order valence-corrected chi connectivity index (χ4v) is 3.81. The van der Waals surface area contributed by atoms with Crippen LogP contribution in [0, 0.1) is 0 Å². The largest absolute Gasteiger partial charge is 0.417 e. The maximum atomic E-state index is 13.8. The minimum atomic E-state index is -4.68. The van der Waals surface area contributed by atoms with Crippen LogP contribution in [0.15, 0.2) is 30.5 Å². The normalized spacial score (nSPS) is 19.0. The van der Waals surface area contributed by atoms with Crippen molar-refractivity contribution in [2.45, 2.75) is 38.0 Å². The standard InChI is InChI=1S/C21H23F3N4O2/c1-13(19(29)26-14-6-7-14)27-8-10-28(11-9-27)20(30)16-12-25-17-5-3-2-4-15(17)18(16)21(22,23)24/h2-5,12-14H,6-11H2,1H3,(H,26,29). The lowest BCUT2D eigenvalue weighted by molar-refractivity contribution is -0.136. The number of aromatic nitrogens is 1. The predicted molar refractivity (Wildman–Crippen MR) is 105 cm³/mol. The molecule has 2 fully saturated rings. The van der Waals surface area contributed by atoms with E-state index in [9.17, 15) is 22.8 Å². The van der Waals surface area contributed by atoms with E-state index in [4.69, 9.17) is 0 Å². The highest BCUT2D eigenvalue weighted by Gasteiger charge is 2.39. The first kappa shape index (κ1) is 20.6. The predicted octanol–water partition coefficient (Wildman–Crippen LogP) is 2.68. The Kier molecular flexibility index (Phi) is 5.40. The molecule has 6 nitrogen and oxygen atoms in total. The number of piperazine rings is 1. The highest BCUT2D eigenvalue weighted by molar-refractivity contribution is 6.00. The average Bonchev–Trinajstić information content (AvgIpc) is 3.55. The molecule has 0 radical (unpaired) electrons. The maximum Gasteiger partial charge on any atom is 0.417 e. The van der Waals surface area contributed by atoms with Gasteiger partial charge in [-0.25, -0.2) is 0 Å². The third-order valence-electron chi connectivity index (χ3n) is 5.74. The van der Waals surface area contributed by atoms with Crippen LogP contribution in [0.25, 0.3) is 10.9 Å². The molecule has 1 aliphatic heterocycles. The van der Waals surface area contributed by atoms with Gasteiger partial charge in [0.2, 0.25) is 5.91 Å². The van der Waals surface area contributed by atoms with Crippen molar-refractivity contribution in [3.05, 3.63) is 41.6 Å². The molecule has 160 valence electrons. The molecule has 4 rings (SSSR count). The molecule has 2 amide bonds. The number of halogens is 3. The first-order valence-corrected chi connectivity index (χ1v) is 10.0. The van der Waals surface area contributed by atoms with Crippen LogP contribution in [0.1, 0.15) is 35.7 Å². The second-order valence-corrected chi connectivity index (χ2v) is 7.85. The van der Waals surface area contributed by atoms with E-state index in [2.05, 4.69) is 10.3 Å². The first-order valence-electron chi connectivity index (χ1n) is 10.0. The minimum Gasteiger partial charge on any atom is -0.352 e. The number of nitrogens with zero attached hydrogens (tertiary/aromatic N) is 3. The van der Waals surface area contributed by atoms with Gasteiger partial charge >= 0.3 is 6.18 Å². The minimum absolute atomic E-state index is 0.0460. The number of alkyl halides is 3. The third-order valence-corrected chi connectivity index (χ3v) is 5.74. The topological polar surface area (TPSA) is 65.5 Å². The van der Waals surface area contributed by atoms with E-state index in [1.54, 1.807) is 6.07 Å². The lowest BCUT2D eigenvalue weighted by atomic mass is 10.0. The molecule has 1 saturated heterocycles. The number of hydrogen-bond donors (Lipinski definition) is 1. The molecule has 1 saturated carbocycles. The summed E-state index contributed by atoms with van der Waals surface area (Å²) in [6.07, 6.45) is -1.65. The summed E-state index contributed by atoms with van der Waals surface area (Å²) >= 11 is 0. The number of carbonyl (C=O) groups is 2. The molecule has 30 heavy (non-hydrogen) atoms. The van der Waals surface area contributed by atoms with Crippen LogP contribution in [0.2, 0.25) is 0 Å². The van der Waals surface area contributed by atoms with E-state index in [0.717, 1.165) is 19.0 Å². The molecule has 0 bridgehead atoms. The van der Waals surface area contributed by atoms with Crippen molar-refractivity contribution in [3.63, 3.8) is 0 Å². The second-order valence-electron chi connectivity index (χ2n) is 7.85. The zero-order valence-corrected chi connectivity index (χ0v) is 16.6. The summed E-state index contributed by atoms with van der Waals surface area (Å²) in [5, 5.41) is 2.87. The Morgan fingerprint density at radius 3 is 2.43 bits per heavy atom. The molecule has 2 aromatic rings. The smallest absolute Gasteiger partial charge is 0.352 e. The molecular weight excluding hydrogens is 397 g/mol. The van der Waals surface area contributed by atoms with Gasteiger partial charge in [-0.3, -0.25) is 19.5 Å². The highest BCUT2D eigenvalue weighted by Crippen LogP contribution is 2.37. The first-order chi connectivity index (χ1) is 14.3. The molecule has 1 N–H and O–H groups in total. The molecule has 1 aromatic heterocycles. The molecule has 2 heterocycles. The van der Waals surface area contributed by atoms with Gasteiger partial charge in [0, 0.05) is 43.8 Å². The Bertz CT molecular complexity index is 966. The Balaban J connectivity index is 1.50. The number of amides is 2. The van der Waals surface area contributed by atoms with Crippen molar-refractivity contribution in [2.75, 3.05) is 26.2 Å². The van der Waals surface area contributed by atoms with Crippen molar-refractivity contribution < 1.29 is 22.8 Å². The monoisotopic (exact) mass is 420 g/mol. The summed E-state index contributed by atoms with van der Waals surface area (Å²) < 4.78 is 41.5. The van der Waals surface area contributed by atoms with Crippen LogP contribution in [0.3, 0.4) is 0 Å². The molecule has 0 spiro atoms. The number of benzene rings is 1. The van der Waals surface area contributed by atoms with Gasteiger partial charge in [-0.2, -0.15) is 13.2 Å². The van der Waals surface area contributed by atoms with E-state index in [-0.39, 0.29) is 42.0 Å². The number of carbonyl (C=O) groups excluding carboxylic acids is 2. The van der Waals surface area contributed by atoms with Crippen LogP contribution >= 0.6 is 0 Å². The fourth-order valence-electron chi connectivity index (χ4n) is 3.81. The van der Waals surface area contributed by atoms with Crippen LogP contribution in [-0.4, -0.2) is 64.9 Å². The van der Waals surface area contributed by atoms with Gasteiger partial charge in [0.05, 0.1) is 22.7 Å². The third kappa shape index (κ3) is 4.12. The van der Waals surface area contributed by atoms with Gasteiger partial charge in [0.25, 0.3) is 5.91 Å². The Morgan fingerprint density at radius 1 is 1.13 bits per heavy atom. The van der Waals surface area contributed by atoms with Crippen molar-refractivity contribution in [3.8, 4) is 0 Å². The van der Waals surface area contributed by atoms with Crippen LogP contribution < -0.4 is 5.32 Å². The lowest BCUT2D eigenvalue weighted by Gasteiger charge is -2.37. The molecular formula is C21H23F3N4O2. The fraction of sp³-hybridized carbons (Fsp3) is 0.476. The van der Waals surface area contributed by atoms with Crippen molar-refractivity contribution >= 4 is 22.7 Å². The van der Waals surface area contributed by atoms with Crippen molar-refractivity contribution in [1.82, 2.24) is 20.1 Å². The summed E-state index contributed by atoms with van der Waals surface area (Å²) in [6.45, 7) is 3.17. The number of nitrogens with one attached hydrogen (secondary N) is 1. The summed E-state index contributed by atoms with van der Waals surface area (Å²) in [6, 6.07) is 5.86. The summed E-state index contributed by atoms with van der Waals surface area (Å²) in [5.74, 6) is -0.731. The summed E-state index contributed by atoms with van der Waals surface area (Å²) in [4.78, 5) is 32.6. The van der Waals surface area contributed by atoms with Gasteiger partial charge in [0.1, 0.15) is 0 Å². The van der Waals surface area contributed by atoms with E-state index in [0.29, 0.717) is 13.1 Å². The van der Waals surface area contributed by atoms with E-state index < -0.39 is 23.2 Å². The number of rotatable bonds is 4. The van der Waals surface area contributed by atoms with Gasteiger partial charge in [0.15, 0.2) is 0 Å². The zero-order valence-electron chi connectivity index (χ0n) is 16.6. The molecule has 1 aliphatic carbocycles. The lowest BCUT2D eigenvalue weighted by Crippen LogP contribution is -2.55. The van der Waals surface area contributed by atoms with Crippen LogP contribution in [-0.2, 0) is 11.0 Å². The van der Waals surface area contributed by atoms with Crippen molar-refractivity contribution in [2.24, 2.45) is 0 Å². The molecule has 1 aromatic carbocycles. The Morgan fingerprint density at radius 2 is 1.80 bits per heavy atom. The average molecular weight is 420 g/mol. The summed E-state index contributed by atoms with van der Waals surface area (Å²) in [5.41, 5.74) is -1.19. The van der Waals surface area contributed by atoms with Gasteiger partial charge in [-0.15, -0.1) is 0 Å². The van der Waals surface area contributed by atoms with E-state index >= 15 is 0 Å². The highest BCUT2D eigenvalue weighted by atomic mass is 19.4. The molecule has 9 heteroatoms. The van der Waals surface area contributed by atoms with Crippen molar-refractivity contribution in [1.29, 1.82) is 0 Å². The van der Waals surface area contributed by atoms with E-state index in [1.807, 2.05) is 11.8 Å². The van der Waals surface area contributed by atoms with E-state index in [1.165, 1.54) is 23.1 Å². The molecule has 1 unspecified atom stereocenters. The van der Waals surface area contributed by atoms with Gasteiger partial charge in [-0.1, -0.05) is 18.2 Å². The number of hydrogen-bond acceptors (Lipinski definition) is 4. The molecule has 1 atom stereocenters. The van der Waals surface area contributed by atoms with Gasteiger partial charge in [-0.05, 0) is 25.8 Å². The number of pyridine rings is 1. The van der Waals surface area contributed by atoms with Crippen LogP contribution in [0.4, 0.5) is 13.2 Å². The summed E-state index contributed by atoms with van der Waals surface area (Å²) in [7, 11) is 0. The number of fused-ring (bicyclic) bond motifs is 1. The zero-order chi connectivity index (χ0) is 21.5. The number of para-hydroxylation sites is 1.